The van der Waals surface area contributed by atoms with Gasteiger partial charge >= 0.3 is 0 Å². The Morgan fingerprint density at radius 1 is 1.33 bits per heavy atom. The number of hydrogen-bond donors (Lipinski definition) is 1. The Hall–Kier alpha value is -0.390. The molecule has 0 amide bonds. The summed E-state index contributed by atoms with van der Waals surface area (Å²) in [7, 11) is 0. The third-order valence-corrected chi connectivity index (χ3v) is 4.87. The van der Waals surface area contributed by atoms with Crippen molar-refractivity contribution in [3.8, 4) is 0 Å². The fraction of sp³-hybridized carbons (Fsp3) is 0.300. The highest BCUT2D eigenvalue weighted by Gasteiger charge is 2.04. The van der Waals surface area contributed by atoms with Crippen molar-refractivity contribution in [1.29, 1.82) is 0 Å². The monoisotopic (exact) mass is 302 g/mol. The van der Waals surface area contributed by atoms with Crippen LogP contribution in [0.3, 0.4) is 0 Å². The number of halogens is 1. The minimum atomic E-state index is 0.857. The van der Waals surface area contributed by atoms with Crippen LogP contribution in [0.5, 0.6) is 0 Å². The van der Waals surface area contributed by atoms with Crippen molar-refractivity contribution >= 4 is 43.7 Å². The summed E-state index contributed by atoms with van der Waals surface area (Å²) in [6.45, 7) is 5.18. The molecular weight excluding hydrogens is 292 g/mol. The molecular formula is C10H11BrN2S2. The van der Waals surface area contributed by atoms with Crippen molar-refractivity contribution in [3.63, 3.8) is 0 Å². The summed E-state index contributed by atoms with van der Waals surface area (Å²) in [6.07, 6.45) is 0. The molecule has 0 saturated heterocycles. The molecule has 2 aromatic rings. The summed E-state index contributed by atoms with van der Waals surface area (Å²) in [4.78, 5) is 5.69. The number of anilines is 1. The van der Waals surface area contributed by atoms with Gasteiger partial charge in [-0.3, -0.25) is 0 Å². The molecule has 0 aromatic carbocycles. The molecule has 2 heterocycles. The number of thiophene rings is 1. The van der Waals surface area contributed by atoms with Crippen LogP contribution in [0.1, 0.15) is 16.0 Å². The number of hydrogen-bond acceptors (Lipinski definition) is 4. The minimum Gasteiger partial charge on any atom is -0.357 e. The molecule has 2 nitrogen and oxygen atoms in total. The highest BCUT2D eigenvalue weighted by molar-refractivity contribution is 9.10. The topological polar surface area (TPSA) is 24.9 Å². The quantitative estimate of drug-likeness (QED) is 0.919. The number of nitrogens with zero attached hydrogens (tertiary/aromatic N) is 1. The van der Waals surface area contributed by atoms with Gasteiger partial charge in [-0.15, -0.1) is 22.7 Å². The molecule has 0 aliphatic carbocycles. The summed E-state index contributed by atoms with van der Waals surface area (Å²) >= 11 is 6.76. The lowest BCUT2D eigenvalue weighted by atomic mass is 10.2. The van der Waals surface area contributed by atoms with E-state index < -0.39 is 0 Å². The van der Waals surface area contributed by atoms with E-state index in [0.29, 0.717) is 0 Å². The van der Waals surface area contributed by atoms with Crippen LogP contribution < -0.4 is 5.32 Å². The lowest BCUT2D eigenvalue weighted by Gasteiger charge is -2.01. The van der Waals surface area contributed by atoms with Crippen molar-refractivity contribution in [2.75, 3.05) is 5.32 Å². The molecule has 0 unspecified atom stereocenters. The molecule has 0 radical (unpaired) electrons. The average Bonchev–Trinajstić information content (AvgIpc) is 2.74. The Morgan fingerprint density at radius 2 is 2.13 bits per heavy atom. The average molecular weight is 303 g/mol. The zero-order valence-corrected chi connectivity index (χ0v) is 11.7. The first kappa shape index (κ1) is 11.1. The smallest absolute Gasteiger partial charge is 0.184 e. The largest absolute Gasteiger partial charge is 0.357 e. The van der Waals surface area contributed by atoms with E-state index in [-0.39, 0.29) is 0 Å². The maximum absolute atomic E-state index is 4.29. The highest BCUT2D eigenvalue weighted by Crippen LogP contribution is 2.23. The normalized spacial score (nSPS) is 10.6. The summed E-state index contributed by atoms with van der Waals surface area (Å²) in [6, 6.07) is 0. The number of aromatic nitrogens is 1. The molecule has 5 heteroatoms. The molecule has 0 fully saturated rings. The molecule has 2 aromatic heterocycles. The highest BCUT2D eigenvalue weighted by atomic mass is 79.9. The first-order valence-corrected chi connectivity index (χ1v) is 7.10. The van der Waals surface area contributed by atoms with E-state index >= 15 is 0 Å². The van der Waals surface area contributed by atoms with Gasteiger partial charge in [-0.2, -0.15) is 0 Å². The van der Waals surface area contributed by atoms with E-state index in [1.165, 1.54) is 16.0 Å². The lowest BCUT2D eigenvalue weighted by molar-refractivity contribution is 1.11. The van der Waals surface area contributed by atoms with E-state index in [1.54, 1.807) is 22.7 Å². The van der Waals surface area contributed by atoms with Crippen LogP contribution in [0.2, 0.25) is 0 Å². The second-order valence-electron chi connectivity index (χ2n) is 3.27. The first-order valence-electron chi connectivity index (χ1n) is 4.55. The number of nitrogens with one attached hydrogen (secondary N) is 1. The van der Waals surface area contributed by atoms with Crippen LogP contribution in [0.15, 0.2) is 15.4 Å². The van der Waals surface area contributed by atoms with Gasteiger partial charge in [0.1, 0.15) is 4.60 Å². The molecule has 0 spiro atoms. The summed E-state index contributed by atoms with van der Waals surface area (Å²) < 4.78 is 0.897. The van der Waals surface area contributed by atoms with E-state index in [2.05, 4.69) is 45.5 Å². The molecule has 2 rings (SSSR count). The summed E-state index contributed by atoms with van der Waals surface area (Å²) in [5, 5.41) is 8.47. The lowest BCUT2D eigenvalue weighted by Crippen LogP contribution is -1.99. The molecule has 0 aliphatic rings. The van der Waals surface area contributed by atoms with Crippen molar-refractivity contribution < 1.29 is 0 Å². The number of aryl methyl sites for hydroxylation is 1. The van der Waals surface area contributed by atoms with E-state index in [1.807, 2.05) is 5.38 Å². The first-order chi connectivity index (χ1) is 7.16. The van der Waals surface area contributed by atoms with Crippen LogP contribution in [-0.2, 0) is 6.54 Å². The maximum atomic E-state index is 4.29. The van der Waals surface area contributed by atoms with Gasteiger partial charge in [0.2, 0.25) is 0 Å². The van der Waals surface area contributed by atoms with Crippen molar-refractivity contribution in [2.24, 2.45) is 0 Å². The van der Waals surface area contributed by atoms with Gasteiger partial charge in [0.25, 0.3) is 0 Å². The zero-order chi connectivity index (χ0) is 10.8. The molecule has 0 aliphatic heterocycles. The van der Waals surface area contributed by atoms with Gasteiger partial charge in [-0.1, -0.05) is 0 Å². The zero-order valence-electron chi connectivity index (χ0n) is 8.50. The van der Waals surface area contributed by atoms with Crippen LogP contribution in [0.25, 0.3) is 0 Å². The predicted octanol–water partition coefficient (Wildman–Crippen LogP) is 4.20. The Bertz CT molecular complexity index is 462. The molecule has 0 saturated carbocycles. The van der Waals surface area contributed by atoms with Gasteiger partial charge in [0.05, 0.1) is 0 Å². The Kier molecular flexibility index (Phi) is 3.43. The fourth-order valence-electron chi connectivity index (χ4n) is 1.24. The maximum Gasteiger partial charge on any atom is 0.184 e. The predicted molar refractivity (Wildman–Crippen MR) is 70.9 cm³/mol. The van der Waals surface area contributed by atoms with Crippen LogP contribution in [-0.4, -0.2) is 4.98 Å². The Balaban J connectivity index is 2.02. The van der Waals surface area contributed by atoms with Gasteiger partial charge in [0.15, 0.2) is 5.13 Å². The van der Waals surface area contributed by atoms with E-state index in [0.717, 1.165) is 16.3 Å². The number of rotatable bonds is 3. The van der Waals surface area contributed by atoms with E-state index in [4.69, 9.17) is 0 Å². The SMILES string of the molecule is Cc1scc(CNc2nc(Br)cs2)c1C. The fourth-order valence-corrected chi connectivity index (χ4v) is 3.27. The van der Waals surface area contributed by atoms with E-state index in [9.17, 15) is 0 Å². The molecule has 1 N–H and O–H groups in total. The third-order valence-electron chi connectivity index (χ3n) is 2.29. The second kappa shape index (κ2) is 4.63. The molecule has 0 bridgehead atoms. The van der Waals surface area contributed by atoms with Crippen molar-refractivity contribution in [1.82, 2.24) is 4.98 Å². The summed E-state index contributed by atoms with van der Waals surface area (Å²) in [5.41, 5.74) is 2.76. The van der Waals surface area contributed by atoms with Gasteiger partial charge in [-0.05, 0) is 46.3 Å². The van der Waals surface area contributed by atoms with Crippen molar-refractivity contribution in [2.45, 2.75) is 20.4 Å². The Morgan fingerprint density at radius 3 is 2.67 bits per heavy atom. The molecule has 15 heavy (non-hydrogen) atoms. The van der Waals surface area contributed by atoms with Crippen LogP contribution in [0, 0.1) is 13.8 Å². The van der Waals surface area contributed by atoms with Crippen molar-refractivity contribution in [3.05, 3.63) is 31.4 Å². The Labute approximate surface area is 106 Å². The summed E-state index contributed by atoms with van der Waals surface area (Å²) in [5.74, 6) is 0. The third kappa shape index (κ3) is 2.59. The molecule has 0 atom stereocenters. The van der Waals surface area contributed by atoms with Crippen LogP contribution in [0.4, 0.5) is 5.13 Å². The van der Waals surface area contributed by atoms with Gasteiger partial charge in [0, 0.05) is 16.8 Å². The second-order valence-corrected chi connectivity index (χ2v) is 6.03. The van der Waals surface area contributed by atoms with Gasteiger partial charge in [-0.25, -0.2) is 4.98 Å². The standard InChI is InChI=1S/C10H11BrN2S2/c1-6-7(2)14-4-8(6)3-12-10-13-9(11)5-15-10/h4-5H,3H2,1-2H3,(H,12,13). The van der Waals surface area contributed by atoms with Gasteiger partial charge < -0.3 is 5.32 Å². The minimum absolute atomic E-state index is 0.857. The number of thiazole rings is 1. The molecule has 80 valence electrons. The van der Waals surface area contributed by atoms with Crippen LogP contribution >= 0.6 is 38.6 Å².